The van der Waals surface area contributed by atoms with Crippen molar-refractivity contribution in [3.8, 4) is 0 Å². The lowest BCUT2D eigenvalue weighted by atomic mass is 9.83. The monoisotopic (exact) mass is 213 g/mol. The van der Waals surface area contributed by atoms with Gasteiger partial charge in [0, 0.05) is 12.5 Å². The molecule has 2 unspecified atom stereocenters. The van der Waals surface area contributed by atoms with Gasteiger partial charge in [0.2, 0.25) is 0 Å². The van der Waals surface area contributed by atoms with Crippen LogP contribution < -0.4 is 5.73 Å². The second-order valence-electron chi connectivity index (χ2n) is 5.50. The maximum absolute atomic E-state index is 11.6. The molecule has 1 saturated carbocycles. The molecule has 1 rings (SSSR count). The summed E-state index contributed by atoms with van der Waals surface area (Å²) in [6.07, 6.45) is 5.00. The molecule has 1 aliphatic carbocycles. The molecule has 0 saturated heterocycles. The van der Waals surface area contributed by atoms with E-state index in [0.29, 0.717) is 12.3 Å². The molecule has 0 radical (unpaired) electrons. The van der Waals surface area contributed by atoms with Gasteiger partial charge < -0.3 is 10.5 Å². The van der Waals surface area contributed by atoms with Crippen LogP contribution in [0.5, 0.6) is 0 Å². The zero-order chi connectivity index (χ0) is 11.5. The van der Waals surface area contributed by atoms with Gasteiger partial charge in [0.25, 0.3) is 0 Å². The van der Waals surface area contributed by atoms with Crippen molar-refractivity contribution in [2.45, 2.75) is 64.5 Å². The summed E-state index contributed by atoms with van der Waals surface area (Å²) in [7, 11) is 0. The van der Waals surface area contributed by atoms with E-state index in [1.807, 2.05) is 20.8 Å². The Hall–Kier alpha value is -0.570. The van der Waals surface area contributed by atoms with Crippen LogP contribution in [0.2, 0.25) is 0 Å². The Bertz CT molecular complexity index is 220. The van der Waals surface area contributed by atoms with Crippen LogP contribution in [-0.4, -0.2) is 17.6 Å². The number of carbonyl (C=O) groups is 1. The molecule has 88 valence electrons. The van der Waals surface area contributed by atoms with Gasteiger partial charge in [-0.3, -0.25) is 4.79 Å². The van der Waals surface area contributed by atoms with Gasteiger partial charge >= 0.3 is 5.97 Å². The first-order chi connectivity index (χ1) is 6.88. The lowest BCUT2D eigenvalue weighted by molar-refractivity contribution is -0.156. The van der Waals surface area contributed by atoms with E-state index < -0.39 is 0 Å². The number of esters is 1. The third-order valence-corrected chi connectivity index (χ3v) is 2.82. The molecule has 0 aromatic rings. The molecule has 1 fully saturated rings. The van der Waals surface area contributed by atoms with E-state index in [1.54, 1.807) is 0 Å². The minimum atomic E-state index is -0.379. The Kier molecular flexibility index (Phi) is 4.14. The molecule has 15 heavy (non-hydrogen) atoms. The summed E-state index contributed by atoms with van der Waals surface area (Å²) >= 11 is 0. The van der Waals surface area contributed by atoms with Crippen LogP contribution in [0.25, 0.3) is 0 Å². The van der Waals surface area contributed by atoms with Crippen molar-refractivity contribution in [3.63, 3.8) is 0 Å². The van der Waals surface area contributed by atoms with Gasteiger partial charge in [0.15, 0.2) is 0 Å². The van der Waals surface area contributed by atoms with Gasteiger partial charge in [0.05, 0.1) is 0 Å². The zero-order valence-corrected chi connectivity index (χ0v) is 10.1. The minimum Gasteiger partial charge on any atom is -0.460 e. The molecule has 3 nitrogen and oxygen atoms in total. The smallest absolute Gasteiger partial charge is 0.306 e. The van der Waals surface area contributed by atoms with Crippen LogP contribution in [0.1, 0.15) is 52.9 Å². The number of hydrogen-bond donors (Lipinski definition) is 1. The molecule has 1 aliphatic rings. The SMILES string of the molecule is CC(C)(C)OC(=O)CC1CCCCC1N. The third kappa shape index (κ3) is 4.65. The second-order valence-corrected chi connectivity index (χ2v) is 5.50. The van der Waals surface area contributed by atoms with Gasteiger partial charge in [-0.25, -0.2) is 0 Å². The van der Waals surface area contributed by atoms with E-state index in [9.17, 15) is 4.79 Å². The third-order valence-electron chi connectivity index (χ3n) is 2.82. The van der Waals surface area contributed by atoms with Gasteiger partial charge in [-0.2, -0.15) is 0 Å². The number of ether oxygens (including phenoxy) is 1. The van der Waals surface area contributed by atoms with Crippen molar-refractivity contribution in [1.82, 2.24) is 0 Å². The Morgan fingerprint density at radius 2 is 1.93 bits per heavy atom. The van der Waals surface area contributed by atoms with Crippen LogP contribution in [0, 0.1) is 5.92 Å². The molecule has 0 aliphatic heterocycles. The summed E-state index contributed by atoms with van der Waals surface area (Å²) in [6, 6.07) is 0.186. The fraction of sp³-hybridized carbons (Fsp3) is 0.917. The molecule has 3 heteroatoms. The largest absolute Gasteiger partial charge is 0.460 e. The lowest BCUT2D eigenvalue weighted by Gasteiger charge is -2.29. The number of hydrogen-bond acceptors (Lipinski definition) is 3. The van der Waals surface area contributed by atoms with Crippen molar-refractivity contribution in [3.05, 3.63) is 0 Å². The lowest BCUT2D eigenvalue weighted by Crippen LogP contribution is -2.36. The predicted octanol–water partition coefficient (Wildman–Crippen LogP) is 2.24. The first-order valence-electron chi connectivity index (χ1n) is 5.86. The van der Waals surface area contributed by atoms with E-state index in [2.05, 4.69) is 0 Å². The normalized spacial score (nSPS) is 27.5. The number of carbonyl (C=O) groups excluding carboxylic acids is 1. The highest BCUT2D eigenvalue weighted by Crippen LogP contribution is 2.26. The van der Waals surface area contributed by atoms with Gasteiger partial charge in [-0.1, -0.05) is 12.8 Å². The molecule has 0 spiro atoms. The fourth-order valence-electron chi connectivity index (χ4n) is 2.09. The van der Waals surface area contributed by atoms with E-state index >= 15 is 0 Å². The predicted molar refractivity (Wildman–Crippen MR) is 60.4 cm³/mol. The molecule has 2 N–H and O–H groups in total. The summed E-state index contributed by atoms with van der Waals surface area (Å²) < 4.78 is 5.29. The highest BCUT2D eigenvalue weighted by Gasteiger charge is 2.26. The topological polar surface area (TPSA) is 52.3 Å². The summed E-state index contributed by atoms with van der Waals surface area (Å²) in [6.45, 7) is 5.68. The van der Waals surface area contributed by atoms with Crippen LogP contribution >= 0.6 is 0 Å². The van der Waals surface area contributed by atoms with Crippen molar-refractivity contribution in [2.75, 3.05) is 0 Å². The average Bonchev–Trinajstić information content (AvgIpc) is 2.05. The van der Waals surface area contributed by atoms with E-state index in [1.165, 1.54) is 12.8 Å². The van der Waals surface area contributed by atoms with Crippen LogP contribution in [-0.2, 0) is 9.53 Å². The maximum atomic E-state index is 11.6. The van der Waals surface area contributed by atoms with Crippen molar-refractivity contribution < 1.29 is 9.53 Å². The molecular formula is C12H23NO2. The Balaban J connectivity index is 2.36. The van der Waals surface area contributed by atoms with Gasteiger partial charge in [0.1, 0.15) is 5.60 Å². The molecule has 0 aromatic heterocycles. The van der Waals surface area contributed by atoms with E-state index in [4.69, 9.17) is 10.5 Å². The highest BCUT2D eigenvalue weighted by molar-refractivity contribution is 5.70. The summed E-state index contributed by atoms with van der Waals surface area (Å²) in [4.78, 5) is 11.6. The highest BCUT2D eigenvalue weighted by atomic mass is 16.6. The van der Waals surface area contributed by atoms with Gasteiger partial charge in [-0.15, -0.1) is 0 Å². The first-order valence-corrected chi connectivity index (χ1v) is 5.86. The zero-order valence-electron chi connectivity index (χ0n) is 10.1. The van der Waals surface area contributed by atoms with Crippen LogP contribution in [0.4, 0.5) is 0 Å². The van der Waals surface area contributed by atoms with E-state index in [0.717, 1.165) is 12.8 Å². The molecule has 2 atom stereocenters. The van der Waals surface area contributed by atoms with Crippen molar-refractivity contribution >= 4 is 5.97 Å². The molecule has 0 aromatic carbocycles. The van der Waals surface area contributed by atoms with Crippen molar-refractivity contribution in [2.24, 2.45) is 11.7 Å². The minimum absolute atomic E-state index is 0.107. The Morgan fingerprint density at radius 3 is 2.47 bits per heavy atom. The Labute approximate surface area is 92.4 Å². The standard InChI is InChI=1S/C12H23NO2/c1-12(2,3)15-11(14)8-9-6-4-5-7-10(9)13/h9-10H,4-8,13H2,1-3H3. The summed E-state index contributed by atoms with van der Waals surface area (Å²) in [5, 5.41) is 0. The van der Waals surface area contributed by atoms with Crippen LogP contribution in [0.15, 0.2) is 0 Å². The molecule has 0 amide bonds. The Morgan fingerprint density at radius 1 is 1.33 bits per heavy atom. The number of nitrogens with two attached hydrogens (primary N) is 1. The maximum Gasteiger partial charge on any atom is 0.306 e. The van der Waals surface area contributed by atoms with Crippen molar-refractivity contribution in [1.29, 1.82) is 0 Å². The fourth-order valence-corrected chi connectivity index (χ4v) is 2.09. The van der Waals surface area contributed by atoms with Gasteiger partial charge in [-0.05, 0) is 39.5 Å². The summed E-state index contributed by atoms with van der Waals surface area (Å²) in [5.41, 5.74) is 5.60. The molecular weight excluding hydrogens is 190 g/mol. The molecule has 0 heterocycles. The quantitative estimate of drug-likeness (QED) is 0.716. The molecule has 0 bridgehead atoms. The summed E-state index contributed by atoms with van der Waals surface area (Å²) in [5.74, 6) is 0.221. The number of rotatable bonds is 2. The van der Waals surface area contributed by atoms with E-state index in [-0.39, 0.29) is 17.6 Å². The first kappa shape index (κ1) is 12.5. The van der Waals surface area contributed by atoms with Crippen LogP contribution in [0.3, 0.4) is 0 Å². The average molecular weight is 213 g/mol. The second kappa shape index (κ2) is 4.97.